The molecule has 0 bridgehead atoms. The van der Waals surface area contributed by atoms with Crippen molar-refractivity contribution in [3.63, 3.8) is 0 Å². The van der Waals surface area contributed by atoms with Gasteiger partial charge in [-0.15, -0.1) is 10.2 Å². The Hall–Kier alpha value is -0.970. The molecule has 2 aliphatic carbocycles. The maximum Gasteiger partial charge on any atom is 0.188 e. The van der Waals surface area contributed by atoms with Gasteiger partial charge in [-0.2, -0.15) is 5.21 Å². The fourth-order valence-corrected chi connectivity index (χ4v) is 3.55. The van der Waals surface area contributed by atoms with E-state index in [1.807, 2.05) is 0 Å². The van der Waals surface area contributed by atoms with Crippen LogP contribution in [0.2, 0.25) is 0 Å². The molecule has 5 nitrogen and oxygen atoms in total. The highest BCUT2D eigenvalue weighted by Gasteiger charge is 2.31. The summed E-state index contributed by atoms with van der Waals surface area (Å²) in [7, 11) is 0. The highest BCUT2D eigenvalue weighted by molar-refractivity contribution is 4.87. The van der Waals surface area contributed by atoms with Crippen molar-refractivity contribution in [1.29, 1.82) is 0 Å². The smallest absolute Gasteiger partial charge is 0.188 e. The second kappa shape index (κ2) is 5.12. The van der Waals surface area contributed by atoms with Crippen LogP contribution in [0.3, 0.4) is 0 Å². The number of H-pyrrole nitrogens is 1. The van der Waals surface area contributed by atoms with Crippen molar-refractivity contribution in [2.24, 2.45) is 11.8 Å². The summed E-state index contributed by atoms with van der Waals surface area (Å²) in [6.07, 6.45) is 9.91. The van der Waals surface area contributed by atoms with E-state index >= 15 is 0 Å². The van der Waals surface area contributed by atoms with Gasteiger partial charge >= 0.3 is 0 Å². The Labute approximate surface area is 102 Å². The Kier molecular flexibility index (Phi) is 3.36. The van der Waals surface area contributed by atoms with E-state index in [1.165, 1.54) is 44.9 Å². The maximum atomic E-state index is 3.97. The summed E-state index contributed by atoms with van der Waals surface area (Å²) in [5.74, 6) is 2.77. The lowest BCUT2D eigenvalue weighted by Gasteiger charge is -2.39. The molecule has 0 aliphatic heterocycles. The first-order chi connectivity index (χ1) is 8.42. The van der Waals surface area contributed by atoms with Crippen LogP contribution in [0.15, 0.2) is 0 Å². The van der Waals surface area contributed by atoms with E-state index in [0.717, 1.165) is 24.2 Å². The average molecular weight is 235 g/mol. The minimum absolute atomic E-state index is 0.660. The Morgan fingerprint density at radius 1 is 1.12 bits per heavy atom. The van der Waals surface area contributed by atoms with E-state index in [2.05, 4.69) is 25.9 Å². The number of aromatic nitrogens is 4. The lowest BCUT2D eigenvalue weighted by molar-refractivity contribution is 0.143. The van der Waals surface area contributed by atoms with Gasteiger partial charge < -0.3 is 5.32 Å². The van der Waals surface area contributed by atoms with Gasteiger partial charge in [-0.3, -0.25) is 0 Å². The highest BCUT2D eigenvalue weighted by atomic mass is 15.5. The predicted molar refractivity (Wildman–Crippen MR) is 64.1 cm³/mol. The van der Waals surface area contributed by atoms with Crippen LogP contribution in [0.5, 0.6) is 0 Å². The molecule has 2 fully saturated rings. The monoisotopic (exact) mass is 235 g/mol. The Balaban J connectivity index is 1.48. The Bertz CT molecular complexity index is 337. The maximum absolute atomic E-state index is 3.97. The third-order valence-corrected chi connectivity index (χ3v) is 4.48. The first-order valence-electron chi connectivity index (χ1n) is 6.87. The molecule has 17 heavy (non-hydrogen) atoms. The second-order valence-electron chi connectivity index (χ2n) is 5.52. The van der Waals surface area contributed by atoms with E-state index in [9.17, 15) is 0 Å². The molecular formula is C12H21N5. The lowest BCUT2D eigenvalue weighted by atomic mass is 9.69. The molecule has 94 valence electrons. The number of hydrogen-bond acceptors (Lipinski definition) is 4. The third kappa shape index (κ3) is 2.65. The van der Waals surface area contributed by atoms with E-state index in [0.29, 0.717) is 6.04 Å². The molecule has 1 aromatic rings. The zero-order chi connectivity index (χ0) is 11.5. The van der Waals surface area contributed by atoms with Gasteiger partial charge in [-0.1, -0.05) is 30.9 Å². The lowest BCUT2D eigenvalue weighted by Crippen LogP contribution is -2.38. The highest BCUT2D eigenvalue weighted by Crippen LogP contribution is 2.40. The van der Waals surface area contributed by atoms with Gasteiger partial charge in [-0.05, 0) is 31.1 Å². The van der Waals surface area contributed by atoms with Crippen molar-refractivity contribution in [3.8, 4) is 0 Å². The molecule has 2 saturated carbocycles. The van der Waals surface area contributed by atoms with Crippen molar-refractivity contribution >= 4 is 0 Å². The van der Waals surface area contributed by atoms with Crippen molar-refractivity contribution in [3.05, 3.63) is 5.82 Å². The number of nitrogens with one attached hydrogen (secondary N) is 2. The topological polar surface area (TPSA) is 66.5 Å². The Morgan fingerprint density at radius 2 is 2.00 bits per heavy atom. The SMILES string of the molecule is C1CCC2CC(NCc3nn[nH]n3)CCC2C1. The van der Waals surface area contributed by atoms with Crippen LogP contribution in [-0.2, 0) is 6.54 Å². The molecule has 2 aliphatic rings. The van der Waals surface area contributed by atoms with Crippen LogP contribution >= 0.6 is 0 Å². The van der Waals surface area contributed by atoms with E-state index in [1.54, 1.807) is 0 Å². The first-order valence-corrected chi connectivity index (χ1v) is 6.87. The summed E-state index contributed by atoms with van der Waals surface area (Å²) in [5.41, 5.74) is 0. The van der Waals surface area contributed by atoms with Gasteiger partial charge in [0.15, 0.2) is 5.82 Å². The van der Waals surface area contributed by atoms with Crippen LogP contribution in [0, 0.1) is 11.8 Å². The fourth-order valence-electron chi connectivity index (χ4n) is 3.55. The number of tetrazole rings is 1. The van der Waals surface area contributed by atoms with Crippen molar-refractivity contribution in [2.75, 3.05) is 0 Å². The van der Waals surface area contributed by atoms with Gasteiger partial charge in [0.05, 0.1) is 6.54 Å². The number of fused-ring (bicyclic) bond motifs is 1. The minimum Gasteiger partial charge on any atom is -0.307 e. The molecule has 0 saturated heterocycles. The van der Waals surface area contributed by atoms with Crippen LogP contribution in [0.4, 0.5) is 0 Å². The summed E-state index contributed by atoms with van der Waals surface area (Å²) in [5, 5.41) is 17.6. The molecular weight excluding hydrogens is 214 g/mol. The van der Waals surface area contributed by atoms with Crippen molar-refractivity contribution < 1.29 is 0 Å². The van der Waals surface area contributed by atoms with Crippen molar-refractivity contribution in [2.45, 2.75) is 57.5 Å². The zero-order valence-corrected chi connectivity index (χ0v) is 10.2. The summed E-state index contributed by atoms with van der Waals surface area (Å²) in [6.45, 7) is 0.749. The Morgan fingerprint density at radius 3 is 2.82 bits per heavy atom. The van der Waals surface area contributed by atoms with Crippen LogP contribution < -0.4 is 5.32 Å². The van der Waals surface area contributed by atoms with Gasteiger partial charge in [0.1, 0.15) is 0 Å². The van der Waals surface area contributed by atoms with Crippen LogP contribution in [0.1, 0.15) is 50.8 Å². The van der Waals surface area contributed by atoms with Gasteiger partial charge in [0.2, 0.25) is 0 Å². The summed E-state index contributed by atoms with van der Waals surface area (Å²) in [6, 6.07) is 0.660. The van der Waals surface area contributed by atoms with E-state index in [4.69, 9.17) is 0 Å². The molecule has 0 aromatic carbocycles. The molecule has 3 unspecified atom stereocenters. The predicted octanol–water partition coefficient (Wildman–Crippen LogP) is 1.65. The van der Waals surface area contributed by atoms with Gasteiger partial charge in [0.25, 0.3) is 0 Å². The second-order valence-corrected chi connectivity index (χ2v) is 5.52. The zero-order valence-electron chi connectivity index (χ0n) is 10.2. The molecule has 0 amide bonds. The summed E-state index contributed by atoms with van der Waals surface area (Å²) in [4.78, 5) is 0. The van der Waals surface area contributed by atoms with E-state index < -0.39 is 0 Å². The van der Waals surface area contributed by atoms with Gasteiger partial charge in [-0.25, -0.2) is 0 Å². The molecule has 2 N–H and O–H groups in total. The normalized spacial score (nSPS) is 33.3. The summed E-state index contributed by atoms with van der Waals surface area (Å²) >= 11 is 0. The molecule has 1 aromatic heterocycles. The van der Waals surface area contributed by atoms with Gasteiger partial charge in [0, 0.05) is 6.04 Å². The standard InChI is InChI=1S/C12H21N5/c1-2-4-10-7-11(6-5-9(10)3-1)13-8-12-14-16-17-15-12/h9-11,13H,1-8H2,(H,14,15,16,17). The molecule has 1 heterocycles. The molecule has 3 rings (SSSR count). The quantitative estimate of drug-likeness (QED) is 0.836. The molecule has 0 spiro atoms. The number of hydrogen-bond donors (Lipinski definition) is 2. The van der Waals surface area contributed by atoms with Crippen molar-refractivity contribution in [1.82, 2.24) is 25.9 Å². The molecule has 3 atom stereocenters. The molecule has 0 radical (unpaired) electrons. The first kappa shape index (κ1) is 11.1. The fraction of sp³-hybridized carbons (Fsp3) is 0.917. The van der Waals surface area contributed by atoms with Crippen LogP contribution in [0.25, 0.3) is 0 Å². The van der Waals surface area contributed by atoms with E-state index in [-0.39, 0.29) is 0 Å². The summed E-state index contributed by atoms with van der Waals surface area (Å²) < 4.78 is 0. The number of rotatable bonds is 3. The largest absolute Gasteiger partial charge is 0.307 e. The minimum atomic E-state index is 0.660. The molecule has 5 heteroatoms. The number of nitrogens with zero attached hydrogens (tertiary/aromatic N) is 3. The third-order valence-electron chi connectivity index (χ3n) is 4.48. The van der Waals surface area contributed by atoms with Crippen LogP contribution in [-0.4, -0.2) is 26.7 Å². The average Bonchev–Trinajstić information content (AvgIpc) is 2.89. The number of aromatic amines is 1.